The van der Waals surface area contributed by atoms with Crippen LogP contribution in [-0.2, 0) is 14.2 Å². The summed E-state index contributed by atoms with van der Waals surface area (Å²) >= 11 is 0. The summed E-state index contributed by atoms with van der Waals surface area (Å²) in [5, 5.41) is 0. The van der Waals surface area contributed by atoms with Gasteiger partial charge >= 0.3 is 0 Å². The summed E-state index contributed by atoms with van der Waals surface area (Å²) < 4.78 is 18.8. The normalized spacial score (nSPS) is 49.3. The topological polar surface area (TPSA) is 27.7 Å². The molecule has 0 bridgehead atoms. The summed E-state index contributed by atoms with van der Waals surface area (Å²) in [7, 11) is 3.77. The second-order valence-electron chi connectivity index (χ2n) is 11.2. The molecule has 1 aliphatic heterocycles. The fourth-order valence-corrected chi connectivity index (χ4v) is 8.21. The molecule has 1 heterocycles. The highest BCUT2D eigenvalue weighted by atomic mass is 16.5. The maximum Gasteiger partial charge on any atom is 0.0922 e. The van der Waals surface area contributed by atoms with Crippen LogP contribution in [0.3, 0.4) is 0 Å². The zero-order valence-electron chi connectivity index (χ0n) is 19.4. The molecule has 4 aliphatic carbocycles. The van der Waals surface area contributed by atoms with Crippen LogP contribution in [0, 0.1) is 29.6 Å². The molecule has 3 heteroatoms. The van der Waals surface area contributed by atoms with Gasteiger partial charge in [0.2, 0.25) is 0 Å². The van der Waals surface area contributed by atoms with E-state index in [2.05, 4.69) is 12.2 Å². The van der Waals surface area contributed by atoms with Crippen molar-refractivity contribution in [3.63, 3.8) is 0 Å². The van der Waals surface area contributed by atoms with Crippen LogP contribution in [0.2, 0.25) is 0 Å². The van der Waals surface area contributed by atoms with Crippen molar-refractivity contribution in [3.8, 4) is 0 Å². The first-order valence-corrected chi connectivity index (χ1v) is 13.2. The minimum Gasteiger partial charge on any atom is -0.381 e. The van der Waals surface area contributed by atoms with E-state index >= 15 is 0 Å². The molecule has 3 nitrogen and oxygen atoms in total. The van der Waals surface area contributed by atoms with Gasteiger partial charge in [0.25, 0.3) is 0 Å². The monoisotopic (exact) mass is 416 g/mol. The van der Waals surface area contributed by atoms with Crippen LogP contribution in [0.1, 0.15) is 89.9 Å². The molecule has 5 rings (SSSR count). The molecule has 0 saturated heterocycles. The minimum atomic E-state index is -0.0277. The van der Waals surface area contributed by atoms with Gasteiger partial charge < -0.3 is 14.2 Å². The second kappa shape index (κ2) is 9.24. The molecule has 0 aromatic heterocycles. The third-order valence-electron chi connectivity index (χ3n) is 9.94. The molecule has 0 aromatic carbocycles. The first-order chi connectivity index (χ1) is 14.7. The van der Waals surface area contributed by atoms with Crippen molar-refractivity contribution in [2.45, 2.75) is 114 Å². The van der Waals surface area contributed by atoms with Gasteiger partial charge in [0.05, 0.1) is 23.9 Å². The Morgan fingerprint density at radius 3 is 1.90 bits per heavy atom. The molecule has 4 fully saturated rings. The Labute approximate surface area is 184 Å². The van der Waals surface area contributed by atoms with E-state index in [1.165, 1.54) is 89.9 Å². The van der Waals surface area contributed by atoms with Gasteiger partial charge in [-0.15, -0.1) is 0 Å². The standard InChI is InChI=1S/C27H44O3/c1-28-22-12-8-20(9-13-22)27(21-10-14-23(29-2)15-11-21)18-17-25-24-6-4-3-5-19(24)7-16-26(25)30-27/h17-26H,3-16H2,1-2H3. The molecule has 4 atom stereocenters. The Bertz CT molecular complexity index is 561. The van der Waals surface area contributed by atoms with E-state index in [1.807, 2.05) is 14.2 Å². The maximum absolute atomic E-state index is 7.38. The van der Waals surface area contributed by atoms with Gasteiger partial charge in [0.15, 0.2) is 0 Å². The molecule has 4 saturated carbocycles. The highest BCUT2D eigenvalue weighted by Gasteiger charge is 2.52. The molecular weight excluding hydrogens is 372 g/mol. The van der Waals surface area contributed by atoms with Crippen molar-refractivity contribution in [1.82, 2.24) is 0 Å². The molecule has 5 aliphatic rings. The van der Waals surface area contributed by atoms with Crippen LogP contribution in [-0.4, -0.2) is 38.1 Å². The zero-order chi connectivity index (χ0) is 20.6. The van der Waals surface area contributed by atoms with E-state index in [1.54, 1.807) is 0 Å². The molecule has 4 unspecified atom stereocenters. The fourth-order valence-electron chi connectivity index (χ4n) is 8.21. The van der Waals surface area contributed by atoms with Gasteiger partial charge in [-0.2, -0.15) is 0 Å². The Morgan fingerprint density at radius 2 is 1.30 bits per heavy atom. The minimum absolute atomic E-state index is 0.0277. The van der Waals surface area contributed by atoms with Gasteiger partial charge in [0.1, 0.15) is 0 Å². The Hall–Kier alpha value is -0.380. The predicted octanol–water partition coefficient (Wildman–Crippen LogP) is 6.31. The van der Waals surface area contributed by atoms with Crippen molar-refractivity contribution in [2.75, 3.05) is 14.2 Å². The number of fused-ring (bicyclic) bond motifs is 3. The molecule has 30 heavy (non-hydrogen) atoms. The lowest BCUT2D eigenvalue weighted by atomic mass is 9.60. The predicted molar refractivity (Wildman–Crippen MR) is 120 cm³/mol. The van der Waals surface area contributed by atoms with Crippen LogP contribution in [0.25, 0.3) is 0 Å². The van der Waals surface area contributed by atoms with Crippen molar-refractivity contribution in [1.29, 1.82) is 0 Å². The SMILES string of the molecule is COC1CCC(C2(C3CCC(OC)CC3)C=CC3C(CCC4CCCCC43)O2)CC1. The molecule has 0 aromatic rings. The van der Waals surface area contributed by atoms with Gasteiger partial charge in [0, 0.05) is 20.1 Å². The number of rotatable bonds is 4. The highest BCUT2D eigenvalue weighted by molar-refractivity contribution is 5.18. The quantitative estimate of drug-likeness (QED) is 0.503. The van der Waals surface area contributed by atoms with Crippen LogP contribution < -0.4 is 0 Å². The highest BCUT2D eigenvalue weighted by Crippen LogP contribution is 2.54. The van der Waals surface area contributed by atoms with E-state index in [4.69, 9.17) is 14.2 Å². The first-order valence-electron chi connectivity index (χ1n) is 13.2. The Morgan fingerprint density at radius 1 is 0.700 bits per heavy atom. The van der Waals surface area contributed by atoms with Crippen molar-refractivity contribution in [3.05, 3.63) is 12.2 Å². The maximum atomic E-state index is 7.38. The summed E-state index contributed by atoms with van der Waals surface area (Å²) in [5.41, 5.74) is -0.0277. The molecular formula is C27H44O3. The van der Waals surface area contributed by atoms with Crippen molar-refractivity contribution in [2.24, 2.45) is 29.6 Å². The van der Waals surface area contributed by atoms with Gasteiger partial charge in [-0.1, -0.05) is 31.4 Å². The Balaban J connectivity index is 1.39. The first kappa shape index (κ1) is 21.5. The molecule has 170 valence electrons. The van der Waals surface area contributed by atoms with Gasteiger partial charge in [-0.05, 0) is 94.3 Å². The van der Waals surface area contributed by atoms with Crippen LogP contribution >= 0.6 is 0 Å². The van der Waals surface area contributed by atoms with Gasteiger partial charge in [-0.25, -0.2) is 0 Å². The lowest BCUT2D eigenvalue weighted by Gasteiger charge is -2.56. The summed E-state index contributed by atoms with van der Waals surface area (Å²) in [6.45, 7) is 0. The van der Waals surface area contributed by atoms with E-state index in [-0.39, 0.29) is 5.60 Å². The Kier molecular flexibility index (Phi) is 6.61. The lowest BCUT2D eigenvalue weighted by Crippen LogP contribution is -2.56. The van der Waals surface area contributed by atoms with Crippen LogP contribution in [0.15, 0.2) is 12.2 Å². The van der Waals surface area contributed by atoms with Crippen molar-refractivity contribution >= 4 is 0 Å². The molecule has 0 radical (unpaired) electrons. The van der Waals surface area contributed by atoms with Crippen LogP contribution in [0.5, 0.6) is 0 Å². The van der Waals surface area contributed by atoms with E-state index < -0.39 is 0 Å². The second-order valence-corrected chi connectivity index (χ2v) is 11.2. The molecule has 0 spiro atoms. The third kappa shape index (κ3) is 3.92. The molecule has 0 N–H and O–H groups in total. The fraction of sp³-hybridized carbons (Fsp3) is 0.926. The van der Waals surface area contributed by atoms with Crippen molar-refractivity contribution < 1.29 is 14.2 Å². The summed E-state index contributed by atoms with van der Waals surface area (Å²) in [6, 6.07) is 0. The third-order valence-corrected chi connectivity index (χ3v) is 9.94. The summed E-state index contributed by atoms with van der Waals surface area (Å²) in [5.74, 6) is 3.86. The van der Waals surface area contributed by atoms with E-state index in [0.717, 1.165) is 11.8 Å². The number of methoxy groups -OCH3 is 2. The smallest absolute Gasteiger partial charge is 0.0922 e. The molecule has 0 amide bonds. The van der Waals surface area contributed by atoms with Gasteiger partial charge in [-0.3, -0.25) is 0 Å². The summed E-state index contributed by atoms with van der Waals surface area (Å²) in [6.07, 6.45) is 25.0. The summed E-state index contributed by atoms with van der Waals surface area (Å²) in [4.78, 5) is 0. The van der Waals surface area contributed by atoms with E-state index in [9.17, 15) is 0 Å². The average Bonchev–Trinajstić information content (AvgIpc) is 2.83. The average molecular weight is 417 g/mol. The lowest BCUT2D eigenvalue weighted by molar-refractivity contribution is -0.189. The zero-order valence-corrected chi connectivity index (χ0v) is 19.4. The number of hydrogen-bond acceptors (Lipinski definition) is 3. The largest absolute Gasteiger partial charge is 0.381 e. The number of ether oxygens (including phenoxy) is 3. The number of hydrogen-bond donors (Lipinski definition) is 0. The van der Waals surface area contributed by atoms with E-state index in [0.29, 0.717) is 36.1 Å². The van der Waals surface area contributed by atoms with Crippen LogP contribution in [0.4, 0.5) is 0 Å².